The summed E-state index contributed by atoms with van der Waals surface area (Å²) in [5.74, 6) is 2.11. The van der Waals surface area contributed by atoms with Gasteiger partial charge in [0.2, 0.25) is 0 Å². The summed E-state index contributed by atoms with van der Waals surface area (Å²) in [6.07, 6.45) is 13.3. The number of nitrogens with one attached hydrogen (secondary N) is 1. The standard InChI is InChI=1S/C14H27N/c1-12(15-10-9-13-7-8-13)11-14-5-3-2-4-6-14/h12-15H,2-11H2,1H3. The molecular weight excluding hydrogens is 182 g/mol. The predicted molar refractivity (Wildman–Crippen MR) is 66.0 cm³/mol. The van der Waals surface area contributed by atoms with Crippen LogP contribution in [0.3, 0.4) is 0 Å². The smallest absolute Gasteiger partial charge is 0.00413 e. The van der Waals surface area contributed by atoms with Crippen LogP contribution in [0.25, 0.3) is 0 Å². The topological polar surface area (TPSA) is 12.0 Å². The van der Waals surface area contributed by atoms with Gasteiger partial charge in [0.05, 0.1) is 0 Å². The van der Waals surface area contributed by atoms with Gasteiger partial charge in [0.1, 0.15) is 0 Å². The molecule has 0 bridgehead atoms. The van der Waals surface area contributed by atoms with E-state index in [9.17, 15) is 0 Å². The fourth-order valence-electron chi connectivity index (χ4n) is 2.95. The van der Waals surface area contributed by atoms with Gasteiger partial charge in [-0.1, -0.05) is 44.9 Å². The molecule has 0 spiro atoms. The lowest BCUT2D eigenvalue weighted by molar-refractivity contribution is 0.304. The molecule has 0 saturated heterocycles. The van der Waals surface area contributed by atoms with Crippen molar-refractivity contribution in [2.45, 2.75) is 70.8 Å². The van der Waals surface area contributed by atoms with E-state index < -0.39 is 0 Å². The zero-order valence-electron chi connectivity index (χ0n) is 10.3. The molecule has 1 N–H and O–H groups in total. The van der Waals surface area contributed by atoms with Gasteiger partial charge in [0.25, 0.3) is 0 Å². The summed E-state index contributed by atoms with van der Waals surface area (Å²) in [5.41, 5.74) is 0. The van der Waals surface area contributed by atoms with Gasteiger partial charge in [-0.3, -0.25) is 0 Å². The highest BCUT2D eigenvalue weighted by molar-refractivity contribution is 4.76. The average molecular weight is 209 g/mol. The van der Waals surface area contributed by atoms with Crippen molar-refractivity contribution in [3.8, 4) is 0 Å². The van der Waals surface area contributed by atoms with Crippen LogP contribution in [0.4, 0.5) is 0 Å². The van der Waals surface area contributed by atoms with Crippen LogP contribution in [0, 0.1) is 11.8 Å². The first-order valence-electron chi connectivity index (χ1n) is 7.08. The molecule has 0 aromatic rings. The predicted octanol–water partition coefficient (Wildman–Crippen LogP) is 3.74. The molecule has 0 aromatic heterocycles. The van der Waals surface area contributed by atoms with E-state index in [-0.39, 0.29) is 0 Å². The third-order valence-electron chi connectivity index (χ3n) is 4.15. The van der Waals surface area contributed by atoms with Crippen LogP contribution in [0.2, 0.25) is 0 Å². The van der Waals surface area contributed by atoms with Gasteiger partial charge in [-0.15, -0.1) is 0 Å². The largest absolute Gasteiger partial charge is 0.314 e. The molecule has 2 aliphatic carbocycles. The van der Waals surface area contributed by atoms with Gasteiger partial charge < -0.3 is 5.32 Å². The van der Waals surface area contributed by atoms with E-state index in [4.69, 9.17) is 0 Å². The number of hydrogen-bond donors (Lipinski definition) is 1. The number of rotatable bonds is 6. The van der Waals surface area contributed by atoms with E-state index >= 15 is 0 Å². The Morgan fingerprint density at radius 3 is 2.40 bits per heavy atom. The van der Waals surface area contributed by atoms with Gasteiger partial charge in [-0.25, -0.2) is 0 Å². The SMILES string of the molecule is CC(CC1CCCCC1)NCCC1CC1. The molecule has 1 unspecified atom stereocenters. The van der Waals surface area contributed by atoms with Crippen LogP contribution in [-0.2, 0) is 0 Å². The zero-order valence-corrected chi connectivity index (χ0v) is 10.3. The summed E-state index contributed by atoms with van der Waals surface area (Å²) in [6, 6.07) is 0.756. The Kier molecular flexibility index (Phi) is 4.49. The third-order valence-corrected chi connectivity index (χ3v) is 4.15. The molecule has 1 atom stereocenters. The molecule has 15 heavy (non-hydrogen) atoms. The minimum absolute atomic E-state index is 0.756. The maximum Gasteiger partial charge on any atom is 0.00413 e. The summed E-state index contributed by atoms with van der Waals surface area (Å²) < 4.78 is 0. The Labute approximate surface area is 95.0 Å². The van der Waals surface area contributed by atoms with Crippen molar-refractivity contribution < 1.29 is 0 Å². The fraction of sp³-hybridized carbons (Fsp3) is 1.00. The van der Waals surface area contributed by atoms with Gasteiger partial charge in [-0.2, -0.15) is 0 Å². The van der Waals surface area contributed by atoms with Crippen LogP contribution >= 0.6 is 0 Å². The van der Waals surface area contributed by atoms with E-state index in [0.29, 0.717) is 0 Å². The van der Waals surface area contributed by atoms with E-state index in [1.165, 1.54) is 64.3 Å². The molecule has 0 radical (unpaired) electrons. The van der Waals surface area contributed by atoms with Crippen molar-refractivity contribution in [3.05, 3.63) is 0 Å². The summed E-state index contributed by atoms with van der Waals surface area (Å²) in [7, 11) is 0. The normalized spacial score (nSPS) is 25.4. The Morgan fingerprint density at radius 2 is 1.73 bits per heavy atom. The summed E-state index contributed by atoms with van der Waals surface area (Å²) in [5, 5.41) is 3.70. The molecular formula is C14H27N. The Hall–Kier alpha value is -0.0400. The fourth-order valence-corrected chi connectivity index (χ4v) is 2.95. The molecule has 0 aromatic carbocycles. The summed E-state index contributed by atoms with van der Waals surface area (Å²) in [6.45, 7) is 3.64. The van der Waals surface area contributed by atoms with Crippen molar-refractivity contribution in [2.75, 3.05) is 6.54 Å². The first-order chi connectivity index (χ1) is 7.34. The molecule has 0 aliphatic heterocycles. The highest BCUT2D eigenvalue weighted by atomic mass is 14.9. The molecule has 2 fully saturated rings. The zero-order chi connectivity index (χ0) is 10.5. The van der Waals surface area contributed by atoms with Gasteiger partial charge in [0.15, 0.2) is 0 Å². The quantitative estimate of drug-likeness (QED) is 0.703. The highest BCUT2D eigenvalue weighted by Crippen LogP contribution is 2.32. The third kappa shape index (κ3) is 4.55. The highest BCUT2D eigenvalue weighted by Gasteiger charge is 2.21. The van der Waals surface area contributed by atoms with Crippen molar-refractivity contribution in [3.63, 3.8) is 0 Å². The van der Waals surface area contributed by atoms with E-state index in [0.717, 1.165) is 17.9 Å². The van der Waals surface area contributed by atoms with E-state index in [1.54, 1.807) is 0 Å². The Bertz CT molecular complexity index is 168. The van der Waals surface area contributed by atoms with Crippen molar-refractivity contribution in [2.24, 2.45) is 11.8 Å². The lowest BCUT2D eigenvalue weighted by atomic mass is 9.85. The Morgan fingerprint density at radius 1 is 1.00 bits per heavy atom. The molecule has 2 rings (SSSR count). The van der Waals surface area contributed by atoms with Crippen LogP contribution in [0.5, 0.6) is 0 Å². The monoisotopic (exact) mass is 209 g/mol. The first kappa shape index (κ1) is 11.4. The van der Waals surface area contributed by atoms with E-state index in [2.05, 4.69) is 12.2 Å². The molecule has 1 nitrogen and oxygen atoms in total. The minimum atomic E-state index is 0.756. The lowest BCUT2D eigenvalue weighted by Crippen LogP contribution is -2.30. The second kappa shape index (κ2) is 5.89. The van der Waals surface area contributed by atoms with Crippen molar-refractivity contribution in [1.82, 2.24) is 5.32 Å². The number of hydrogen-bond acceptors (Lipinski definition) is 1. The molecule has 88 valence electrons. The second-order valence-electron chi connectivity index (χ2n) is 5.83. The molecule has 0 amide bonds. The van der Waals surface area contributed by atoms with Crippen LogP contribution < -0.4 is 5.32 Å². The minimum Gasteiger partial charge on any atom is -0.314 e. The summed E-state index contributed by atoms with van der Waals surface area (Å²) in [4.78, 5) is 0. The van der Waals surface area contributed by atoms with Gasteiger partial charge >= 0.3 is 0 Å². The molecule has 2 saturated carbocycles. The van der Waals surface area contributed by atoms with Gasteiger partial charge in [0, 0.05) is 6.04 Å². The maximum atomic E-state index is 3.70. The van der Waals surface area contributed by atoms with Crippen molar-refractivity contribution in [1.29, 1.82) is 0 Å². The first-order valence-corrected chi connectivity index (χ1v) is 7.08. The van der Waals surface area contributed by atoms with Crippen LogP contribution in [0.1, 0.15) is 64.7 Å². The average Bonchev–Trinajstić information content (AvgIpc) is 3.03. The molecule has 2 aliphatic rings. The van der Waals surface area contributed by atoms with Crippen molar-refractivity contribution >= 4 is 0 Å². The van der Waals surface area contributed by atoms with Gasteiger partial charge in [-0.05, 0) is 38.1 Å². The lowest BCUT2D eigenvalue weighted by Gasteiger charge is -2.25. The second-order valence-corrected chi connectivity index (χ2v) is 5.83. The Balaban J connectivity index is 1.51. The van der Waals surface area contributed by atoms with E-state index in [1.807, 2.05) is 0 Å². The van der Waals surface area contributed by atoms with Crippen LogP contribution in [0.15, 0.2) is 0 Å². The molecule has 1 heteroatoms. The summed E-state index contributed by atoms with van der Waals surface area (Å²) >= 11 is 0. The molecule has 0 heterocycles. The van der Waals surface area contributed by atoms with Crippen LogP contribution in [-0.4, -0.2) is 12.6 Å². The maximum absolute atomic E-state index is 3.70.